The SMILES string of the molecule is CCCC#N.[W]. The van der Waals surface area contributed by atoms with Crippen LogP contribution >= 0.6 is 0 Å². The van der Waals surface area contributed by atoms with Crippen LogP contribution in [0.5, 0.6) is 0 Å². The van der Waals surface area contributed by atoms with Gasteiger partial charge in [-0.2, -0.15) is 5.26 Å². The molecule has 0 aliphatic carbocycles. The van der Waals surface area contributed by atoms with Crippen LogP contribution in [0, 0.1) is 11.3 Å². The van der Waals surface area contributed by atoms with E-state index in [9.17, 15) is 0 Å². The number of unbranched alkanes of at least 4 members (excludes halogenated alkanes) is 1. The smallest absolute Gasteiger partial charge is 0.0621 e. The van der Waals surface area contributed by atoms with Crippen LogP contribution in [0.15, 0.2) is 0 Å². The number of nitriles is 1. The van der Waals surface area contributed by atoms with Crippen LogP contribution in [0.25, 0.3) is 0 Å². The molecule has 0 heterocycles. The standard InChI is InChI=1S/C4H7N.W/c1-2-3-4-5;/h2-3H2,1H3;. The fourth-order valence-electron chi connectivity index (χ4n) is 0.112. The first-order valence-corrected chi connectivity index (χ1v) is 1.78. The van der Waals surface area contributed by atoms with Gasteiger partial charge in [-0.05, 0) is 6.42 Å². The monoisotopic (exact) mass is 253 g/mol. The second-order valence-corrected chi connectivity index (χ2v) is 0.908. The molecule has 0 aromatic heterocycles. The van der Waals surface area contributed by atoms with E-state index in [0.29, 0.717) is 6.42 Å². The van der Waals surface area contributed by atoms with E-state index >= 15 is 0 Å². The van der Waals surface area contributed by atoms with Gasteiger partial charge in [0.1, 0.15) is 0 Å². The van der Waals surface area contributed by atoms with E-state index in [4.69, 9.17) is 5.26 Å². The van der Waals surface area contributed by atoms with Gasteiger partial charge in [-0.15, -0.1) is 0 Å². The number of hydrogen-bond acceptors (Lipinski definition) is 1. The van der Waals surface area contributed by atoms with Crippen LogP contribution in [-0.4, -0.2) is 0 Å². The van der Waals surface area contributed by atoms with Crippen molar-refractivity contribution in [1.82, 2.24) is 0 Å². The van der Waals surface area contributed by atoms with E-state index in [1.165, 1.54) is 0 Å². The van der Waals surface area contributed by atoms with E-state index < -0.39 is 0 Å². The Morgan fingerprint density at radius 1 is 1.67 bits per heavy atom. The summed E-state index contributed by atoms with van der Waals surface area (Å²) in [6, 6.07) is 2.02. The molecule has 1 nitrogen and oxygen atoms in total. The van der Waals surface area contributed by atoms with Gasteiger partial charge in [0.05, 0.1) is 6.07 Å². The van der Waals surface area contributed by atoms with Crippen LogP contribution in [0.1, 0.15) is 19.8 Å². The Hall–Kier alpha value is 0.178. The fourth-order valence-corrected chi connectivity index (χ4v) is 0.112. The zero-order valence-corrected chi connectivity index (χ0v) is 6.70. The zero-order chi connectivity index (χ0) is 4.12. The molecular formula is C4H7NW. The molecular weight excluding hydrogens is 246 g/mol. The third kappa shape index (κ3) is 8.90. The summed E-state index contributed by atoms with van der Waals surface area (Å²) in [7, 11) is 0. The molecule has 0 aliphatic heterocycles. The van der Waals surface area contributed by atoms with Gasteiger partial charge in [0, 0.05) is 27.5 Å². The van der Waals surface area contributed by atoms with Crippen molar-refractivity contribution in [3.8, 4) is 6.07 Å². The van der Waals surface area contributed by atoms with Crippen molar-refractivity contribution >= 4 is 0 Å². The summed E-state index contributed by atoms with van der Waals surface area (Å²) in [6.45, 7) is 1.99. The molecule has 6 heavy (non-hydrogen) atoms. The Labute approximate surface area is 52.6 Å². The normalized spacial score (nSPS) is 5.33. The average Bonchev–Trinajstić information content (AvgIpc) is 1.41. The predicted octanol–water partition coefficient (Wildman–Crippen LogP) is 1.31. The maximum absolute atomic E-state index is 7.82. The first kappa shape index (κ1) is 9.49. The summed E-state index contributed by atoms with van der Waals surface area (Å²) < 4.78 is 0. The minimum absolute atomic E-state index is 0. The predicted molar refractivity (Wildman–Crippen MR) is 20.5 cm³/mol. The van der Waals surface area contributed by atoms with Gasteiger partial charge in [0.25, 0.3) is 0 Å². The summed E-state index contributed by atoms with van der Waals surface area (Å²) >= 11 is 0. The Bertz CT molecular complexity index is 46.0. The molecule has 0 saturated heterocycles. The third-order valence-electron chi connectivity index (χ3n) is 0.362. The molecule has 0 aromatic carbocycles. The zero-order valence-electron chi connectivity index (χ0n) is 3.77. The molecule has 0 rings (SSSR count). The van der Waals surface area contributed by atoms with Crippen LogP contribution in [0.4, 0.5) is 0 Å². The first-order valence-electron chi connectivity index (χ1n) is 1.78. The Kier molecular flexibility index (Phi) is 14.2. The molecule has 0 aromatic rings. The van der Waals surface area contributed by atoms with Crippen molar-refractivity contribution in [2.75, 3.05) is 0 Å². The Balaban J connectivity index is 0. The second kappa shape index (κ2) is 8.95. The van der Waals surface area contributed by atoms with Crippen LogP contribution in [0.3, 0.4) is 0 Å². The number of hydrogen-bond donors (Lipinski definition) is 0. The molecule has 0 amide bonds. The van der Waals surface area contributed by atoms with Gasteiger partial charge in [0.15, 0.2) is 0 Å². The van der Waals surface area contributed by atoms with Crippen LogP contribution in [-0.2, 0) is 21.1 Å². The van der Waals surface area contributed by atoms with E-state index in [-0.39, 0.29) is 21.1 Å². The average molecular weight is 253 g/mol. The minimum Gasteiger partial charge on any atom is -0.198 e. The quantitative estimate of drug-likeness (QED) is 0.691. The van der Waals surface area contributed by atoms with E-state index in [2.05, 4.69) is 0 Å². The number of rotatable bonds is 1. The summed E-state index contributed by atoms with van der Waals surface area (Å²) in [6.07, 6.45) is 1.68. The molecule has 0 spiro atoms. The second-order valence-electron chi connectivity index (χ2n) is 0.908. The largest absolute Gasteiger partial charge is 0.198 e. The topological polar surface area (TPSA) is 23.8 Å². The van der Waals surface area contributed by atoms with E-state index in [1.54, 1.807) is 0 Å². The summed E-state index contributed by atoms with van der Waals surface area (Å²) in [5.41, 5.74) is 0. The summed E-state index contributed by atoms with van der Waals surface area (Å²) in [4.78, 5) is 0. The maximum atomic E-state index is 7.82. The van der Waals surface area contributed by atoms with Crippen molar-refractivity contribution in [3.63, 3.8) is 0 Å². The molecule has 0 N–H and O–H groups in total. The van der Waals surface area contributed by atoms with Crippen LogP contribution < -0.4 is 0 Å². The number of nitrogens with zero attached hydrogens (tertiary/aromatic N) is 1. The minimum atomic E-state index is 0. The van der Waals surface area contributed by atoms with Gasteiger partial charge in [-0.3, -0.25) is 0 Å². The van der Waals surface area contributed by atoms with Crippen molar-refractivity contribution in [2.45, 2.75) is 19.8 Å². The van der Waals surface area contributed by atoms with Crippen molar-refractivity contribution in [2.24, 2.45) is 0 Å². The molecule has 0 atom stereocenters. The molecule has 0 saturated carbocycles. The van der Waals surface area contributed by atoms with E-state index in [1.807, 2.05) is 13.0 Å². The molecule has 0 radical (unpaired) electrons. The Morgan fingerprint density at radius 3 is 2.17 bits per heavy atom. The van der Waals surface area contributed by atoms with Gasteiger partial charge in [-0.25, -0.2) is 0 Å². The summed E-state index contributed by atoms with van der Waals surface area (Å²) in [5, 5.41) is 7.82. The van der Waals surface area contributed by atoms with Gasteiger partial charge in [0.2, 0.25) is 0 Å². The van der Waals surface area contributed by atoms with Gasteiger partial charge >= 0.3 is 0 Å². The molecule has 0 aliphatic rings. The van der Waals surface area contributed by atoms with Gasteiger partial charge < -0.3 is 0 Å². The van der Waals surface area contributed by atoms with E-state index in [0.717, 1.165) is 6.42 Å². The third-order valence-corrected chi connectivity index (χ3v) is 0.362. The summed E-state index contributed by atoms with van der Waals surface area (Å²) in [5.74, 6) is 0. The van der Waals surface area contributed by atoms with Crippen LogP contribution in [0.2, 0.25) is 0 Å². The maximum Gasteiger partial charge on any atom is 0.0621 e. The fraction of sp³-hybridized carbons (Fsp3) is 0.750. The molecule has 0 unspecified atom stereocenters. The van der Waals surface area contributed by atoms with Crippen molar-refractivity contribution in [3.05, 3.63) is 0 Å². The van der Waals surface area contributed by atoms with Crippen molar-refractivity contribution in [1.29, 1.82) is 5.26 Å². The molecule has 0 fully saturated rings. The molecule has 34 valence electrons. The Morgan fingerprint density at radius 2 is 2.17 bits per heavy atom. The molecule has 0 bridgehead atoms. The van der Waals surface area contributed by atoms with Gasteiger partial charge in [-0.1, -0.05) is 6.92 Å². The first-order chi connectivity index (χ1) is 2.41. The molecule has 2 heteroatoms. The van der Waals surface area contributed by atoms with Crippen molar-refractivity contribution < 1.29 is 21.1 Å².